The van der Waals surface area contributed by atoms with Gasteiger partial charge in [0.2, 0.25) is 0 Å². The lowest BCUT2D eigenvalue weighted by molar-refractivity contribution is 0.0933. The number of hydrogen-bond acceptors (Lipinski definition) is 4. The number of amides is 1. The van der Waals surface area contributed by atoms with E-state index in [-0.39, 0.29) is 11.9 Å². The Hall–Kier alpha value is -2.11. The van der Waals surface area contributed by atoms with Gasteiger partial charge in [-0.15, -0.1) is 0 Å². The zero-order valence-electron chi connectivity index (χ0n) is 15.0. The molecule has 1 saturated heterocycles. The van der Waals surface area contributed by atoms with Gasteiger partial charge in [-0.25, -0.2) is 0 Å². The zero-order chi connectivity index (χ0) is 17.6. The van der Waals surface area contributed by atoms with E-state index in [4.69, 9.17) is 9.15 Å². The van der Waals surface area contributed by atoms with Gasteiger partial charge >= 0.3 is 0 Å². The Morgan fingerprint density at radius 3 is 2.52 bits per heavy atom. The van der Waals surface area contributed by atoms with E-state index in [0.29, 0.717) is 18.7 Å². The molecule has 1 aliphatic rings. The zero-order valence-corrected chi connectivity index (χ0v) is 15.0. The first-order valence-electron chi connectivity index (χ1n) is 8.84. The van der Waals surface area contributed by atoms with Crippen molar-refractivity contribution in [2.45, 2.75) is 32.4 Å². The Balaban J connectivity index is 1.64. The number of carbonyl (C=O) groups is 1. The molecule has 134 valence electrons. The summed E-state index contributed by atoms with van der Waals surface area (Å²) in [6.07, 6.45) is 2.40. The van der Waals surface area contributed by atoms with Crippen LogP contribution in [0.1, 0.15) is 46.3 Å². The molecule has 1 amide bonds. The minimum absolute atomic E-state index is 0.0589. The van der Waals surface area contributed by atoms with Crippen LogP contribution in [0, 0.1) is 6.92 Å². The monoisotopic (exact) mass is 342 g/mol. The largest absolute Gasteiger partial charge is 0.465 e. The quantitative estimate of drug-likeness (QED) is 0.839. The molecule has 1 atom stereocenters. The number of benzene rings is 1. The Morgan fingerprint density at radius 1 is 1.20 bits per heavy atom. The molecule has 1 aliphatic heterocycles. The van der Waals surface area contributed by atoms with Gasteiger partial charge in [0, 0.05) is 19.2 Å². The summed E-state index contributed by atoms with van der Waals surface area (Å²) in [5.74, 6) is 1.77. The van der Waals surface area contributed by atoms with Gasteiger partial charge in [0.15, 0.2) is 0 Å². The van der Waals surface area contributed by atoms with Crippen molar-refractivity contribution in [3.8, 4) is 0 Å². The smallest absolute Gasteiger partial charge is 0.251 e. The molecule has 1 aromatic heterocycles. The van der Waals surface area contributed by atoms with Gasteiger partial charge in [0.05, 0.1) is 12.6 Å². The number of hydrogen-bond donors (Lipinski definition) is 1. The first-order valence-corrected chi connectivity index (χ1v) is 8.84. The third-order valence-corrected chi connectivity index (χ3v) is 4.65. The number of aryl methyl sites for hydroxylation is 1. The number of nitrogens with zero attached hydrogens (tertiary/aromatic N) is 1. The Labute approximate surface area is 149 Å². The number of furan rings is 1. The molecule has 0 radical (unpaired) electrons. The van der Waals surface area contributed by atoms with Gasteiger partial charge in [-0.1, -0.05) is 12.1 Å². The highest BCUT2D eigenvalue weighted by Gasteiger charge is 2.26. The molecule has 2 heterocycles. The summed E-state index contributed by atoms with van der Waals surface area (Å²) < 4.78 is 10.9. The van der Waals surface area contributed by atoms with Crippen LogP contribution < -0.4 is 5.32 Å². The average Bonchev–Trinajstić information content (AvgIpc) is 3.28. The fraction of sp³-hybridized carbons (Fsp3) is 0.450. The van der Waals surface area contributed by atoms with E-state index in [2.05, 4.69) is 10.2 Å². The van der Waals surface area contributed by atoms with E-state index >= 15 is 0 Å². The lowest BCUT2D eigenvalue weighted by Gasteiger charge is -2.26. The molecule has 0 unspecified atom stereocenters. The number of carbonyl (C=O) groups excluding carboxylic acids is 1. The van der Waals surface area contributed by atoms with E-state index in [1.165, 1.54) is 12.8 Å². The number of methoxy groups -OCH3 is 1. The highest BCUT2D eigenvalue weighted by atomic mass is 16.5. The van der Waals surface area contributed by atoms with Crippen molar-refractivity contribution in [2.24, 2.45) is 0 Å². The van der Waals surface area contributed by atoms with Gasteiger partial charge in [0.25, 0.3) is 5.91 Å². The second-order valence-corrected chi connectivity index (χ2v) is 6.55. The molecule has 1 N–H and O–H groups in total. The SMILES string of the molecule is COCc1ccc(C(=O)NC[C@H](c2ccc(C)o2)N2CCCC2)cc1. The third-order valence-electron chi connectivity index (χ3n) is 4.65. The molecule has 0 bridgehead atoms. The number of nitrogens with one attached hydrogen (secondary N) is 1. The minimum atomic E-state index is -0.0589. The predicted octanol–water partition coefficient (Wildman–Crippen LogP) is 3.30. The highest BCUT2D eigenvalue weighted by molar-refractivity contribution is 5.94. The van der Waals surface area contributed by atoms with Crippen LogP contribution in [0.15, 0.2) is 40.8 Å². The molecule has 3 rings (SSSR count). The molecular formula is C20H26N2O3. The Bertz CT molecular complexity index is 687. The molecular weight excluding hydrogens is 316 g/mol. The van der Waals surface area contributed by atoms with Crippen LogP contribution in [0.4, 0.5) is 0 Å². The topological polar surface area (TPSA) is 54.7 Å². The van der Waals surface area contributed by atoms with E-state index in [1.807, 2.05) is 43.3 Å². The molecule has 1 aromatic carbocycles. The summed E-state index contributed by atoms with van der Waals surface area (Å²) in [4.78, 5) is 14.9. The normalized spacial score (nSPS) is 16.1. The van der Waals surface area contributed by atoms with Crippen LogP contribution in [0.3, 0.4) is 0 Å². The number of rotatable bonds is 7. The van der Waals surface area contributed by atoms with Crippen LogP contribution in [-0.2, 0) is 11.3 Å². The van der Waals surface area contributed by atoms with Crippen LogP contribution in [0.2, 0.25) is 0 Å². The summed E-state index contributed by atoms with van der Waals surface area (Å²) >= 11 is 0. The molecule has 1 fully saturated rings. The van der Waals surface area contributed by atoms with E-state index in [1.54, 1.807) is 7.11 Å². The van der Waals surface area contributed by atoms with Crippen molar-refractivity contribution < 1.29 is 13.9 Å². The van der Waals surface area contributed by atoms with Gasteiger partial charge < -0.3 is 14.5 Å². The van der Waals surface area contributed by atoms with Gasteiger partial charge in [-0.3, -0.25) is 9.69 Å². The van der Waals surface area contributed by atoms with Crippen molar-refractivity contribution in [3.05, 3.63) is 59.0 Å². The molecule has 0 aliphatic carbocycles. The maximum absolute atomic E-state index is 12.5. The molecule has 5 nitrogen and oxygen atoms in total. The molecule has 2 aromatic rings. The Kier molecular flexibility index (Phi) is 5.89. The van der Waals surface area contributed by atoms with Gasteiger partial charge in [-0.05, 0) is 62.7 Å². The molecule has 0 spiro atoms. The lowest BCUT2D eigenvalue weighted by atomic mass is 10.1. The molecule has 5 heteroatoms. The summed E-state index contributed by atoms with van der Waals surface area (Å²) in [5, 5.41) is 3.06. The van der Waals surface area contributed by atoms with Crippen LogP contribution in [-0.4, -0.2) is 37.6 Å². The third kappa shape index (κ3) is 4.50. The van der Waals surface area contributed by atoms with Crippen molar-refractivity contribution >= 4 is 5.91 Å². The second kappa shape index (κ2) is 8.32. The van der Waals surface area contributed by atoms with E-state index < -0.39 is 0 Å². The fourth-order valence-corrected chi connectivity index (χ4v) is 3.31. The first kappa shape index (κ1) is 17.7. The second-order valence-electron chi connectivity index (χ2n) is 6.55. The highest BCUT2D eigenvalue weighted by Crippen LogP contribution is 2.26. The maximum Gasteiger partial charge on any atom is 0.251 e. The van der Waals surface area contributed by atoms with Crippen LogP contribution in [0.5, 0.6) is 0 Å². The average molecular weight is 342 g/mol. The first-order chi connectivity index (χ1) is 12.2. The standard InChI is InChI=1S/C20H26N2O3/c1-15-5-10-19(25-15)18(22-11-3-4-12-22)13-21-20(23)17-8-6-16(7-9-17)14-24-2/h5-10,18H,3-4,11-14H2,1-2H3,(H,21,23)/t18-/m1/s1. The molecule has 25 heavy (non-hydrogen) atoms. The number of likely N-dealkylation sites (tertiary alicyclic amines) is 1. The van der Waals surface area contributed by atoms with Crippen molar-refractivity contribution in [1.29, 1.82) is 0 Å². The fourth-order valence-electron chi connectivity index (χ4n) is 3.31. The van der Waals surface area contributed by atoms with E-state index in [9.17, 15) is 4.79 Å². The summed E-state index contributed by atoms with van der Waals surface area (Å²) in [5.41, 5.74) is 1.72. The summed E-state index contributed by atoms with van der Waals surface area (Å²) in [7, 11) is 1.66. The van der Waals surface area contributed by atoms with Crippen LogP contribution in [0.25, 0.3) is 0 Å². The van der Waals surface area contributed by atoms with Gasteiger partial charge in [-0.2, -0.15) is 0 Å². The van der Waals surface area contributed by atoms with Crippen molar-refractivity contribution in [2.75, 3.05) is 26.7 Å². The lowest BCUT2D eigenvalue weighted by Crippen LogP contribution is -2.36. The Morgan fingerprint density at radius 2 is 1.92 bits per heavy atom. The summed E-state index contributed by atoms with van der Waals surface area (Å²) in [6.45, 7) is 5.14. The predicted molar refractivity (Wildman–Crippen MR) is 96.5 cm³/mol. The number of ether oxygens (including phenoxy) is 1. The minimum Gasteiger partial charge on any atom is -0.465 e. The maximum atomic E-state index is 12.5. The van der Waals surface area contributed by atoms with Crippen molar-refractivity contribution in [1.82, 2.24) is 10.2 Å². The molecule has 0 saturated carbocycles. The van der Waals surface area contributed by atoms with Crippen molar-refractivity contribution in [3.63, 3.8) is 0 Å². The van der Waals surface area contributed by atoms with Crippen LogP contribution >= 0.6 is 0 Å². The van der Waals surface area contributed by atoms with Gasteiger partial charge in [0.1, 0.15) is 11.5 Å². The van der Waals surface area contributed by atoms with E-state index in [0.717, 1.165) is 30.2 Å². The summed E-state index contributed by atoms with van der Waals surface area (Å²) in [6, 6.07) is 11.6.